The molecule has 0 bridgehead atoms. The number of amides is 1. The molecule has 0 aliphatic rings. The summed E-state index contributed by atoms with van der Waals surface area (Å²) in [7, 11) is 1.54. The van der Waals surface area contributed by atoms with E-state index in [0.29, 0.717) is 24.5 Å². The molecule has 1 unspecified atom stereocenters. The van der Waals surface area contributed by atoms with Gasteiger partial charge in [0.25, 0.3) is 5.91 Å². The number of carbonyl (C=O) groups excluding carboxylic acids is 1. The zero-order chi connectivity index (χ0) is 13.5. The van der Waals surface area contributed by atoms with Gasteiger partial charge in [-0.1, -0.05) is 15.9 Å². The molecule has 1 atom stereocenters. The molecule has 1 N–H and O–H groups in total. The van der Waals surface area contributed by atoms with Crippen LogP contribution in [0.3, 0.4) is 0 Å². The molecule has 18 heavy (non-hydrogen) atoms. The Morgan fingerprint density at radius 3 is 2.83 bits per heavy atom. The predicted octanol–water partition coefficient (Wildman–Crippen LogP) is 2.61. The fraction of sp³-hybridized carbons (Fsp3) is 0.462. The summed E-state index contributed by atoms with van der Waals surface area (Å²) < 4.78 is 11.3. The van der Waals surface area contributed by atoms with E-state index in [0.717, 1.165) is 4.47 Å². The number of rotatable bonds is 6. The third kappa shape index (κ3) is 4.31. The van der Waals surface area contributed by atoms with Gasteiger partial charge in [0.15, 0.2) is 0 Å². The van der Waals surface area contributed by atoms with Gasteiger partial charge in [0.05, 0.1) is 19.3 Å². The first-order valence-electron chi connectivity index (χ1n) is 5.80. The van der Waals surface area contributed by atoms with Gasteiger partial charge in [0.2, 0.25) is 0 Å². The third-order valence-corrected chi connectivity index (χ3v) is 2.85. The van der Waals surface area contributed by atoms with Crippen LogP contribution in [0.15, 0.2) is 22.7 Å². The Morgan fingerprint density at radius 2 is 2.22 bits per heavy atom. The lowest BCUT2D eigenvalue weighted by atomic mass is 10.2. The van der Waals surface area contributed by atoms with Crippen molar-refractivity contribution in [1.29, 1.82) is 0 Å². The first kappa shape index (κ1) is 15.0. The van der Waals surface area contributed by atoms with E-state index >= 15 is 0 Å². The van der Waals surface area contributed by atoms with Crippen LogP contribution < -0.4 is 10.1 Å². The molecule has 1 rings (SSSR count). The number of hydrogen-bond acceptors (Lipinski definition) is 3. The summed E-state index contributed by atoms with van der Waals surface area (Å²) in [5.74, 6) is 0.386. The summed E-state index contributed by atoms with van der Waals surface area (Å²) in [5.41, 5.74) is 0.518. The van der Waals surface area contributed by atoms with Crippen LogP contribution in [-0.2, 0) is 4.74 Å². The molecular formula is C13H18BrNO3. The molecule has 0 saturated carbocycles. The molecular weight excluding hydrogens is 298 g/mol. The topological polar surface area (TPSA) is 47.6 Å². The SMILES string of the molecule is CCOCC(C)NC(=O)c1ccc(Br)cc1OC. The van der Waals surface area contributed by atoms with Crippen molar-refractivity contribution in [1.82, 2.24) is 5.32 Å². The van der Waals surface area contributed by atoms with Crippen molar-refractivity contribution in [2.75, 3.05) is 20.3 Å². The van der Waals surface area contributed by atoms with Gasteiger partial charge in [-0.2, -0.15) is 0 Å². The van der Waals surface area contributed by atoms with Crippen molar-refractivity contribution in [3.63, 3.8) is 0 Å². The van der Waals surface area contributed by atoms with Gasteiger partial charge in [0.1, 0.15) is 5.75 Å². The van der Waals surface area contributed by atoms with Crippen LogP contribution in [0.25, 0.3) is 0 Å². The maximum Gasteiger partial charge on any atom is 0.255 e. The zero-order valence-corrected chi connectivity index (χ0v) is 12.4. The van der Waals surface area contributed by atoms with Gasteiger partial charge in [-0.05, 0) is 32.0 Å². The standard InChI is InChI=1S/C13H18BrNO3/c1-4-18-8-9(2)15-13(16)11-6-5-10(14)7-12(11)17-3/h5-7,9H,4,8H2,1-3H3,(H,15,16). The van der Waals surface area contributed by atoms with E-state index in [2.05, 4.69) is 21.2 Å². The van der Waals surface area contributed by atoms with Crippen LogP contribution in [0.2, 0.25) is 0 Å². The summed E-state index contributed by atoms with van der Waals surface area (Å²) in [6.07, 6.45) is 0. The van der Waals surface area contributed by atoms with E-state index in [1.807, 2.05) is 19.9 Å². The lowest BCUT2D eigenvalue weighted by Gasteiger charge is -2.15. The van der Waals surface area contributed by atoms with E-state index in [9.17, 15) is 4.79 Å². The fourth-order valence-corrected chi connectivity index (χ4v) is 1.83. The minimum Gasteiger partial charge on any atom is -0.496 e. The minimum atomic E-state index is -0.161. The summed E-state index contributed by atoms with van der Waals surface area (Å²) in [5, 5.41) is 2.87. The van der Waals surface area contributed by atoms with E-state index in [1.54, 1.807) is 19.2 Å². The molecule has 0 radical (unpaired) electrons. The number of nitrogens with one attached hydrogen (secondary N) is 1. The van der Waals surface area contributed by atoms with Crippen LogP contribution >= 0.6 is 15.9 Å². The Kier molecular flexibility index (Phi) is 6.15. The number of halogens is 1. The molecule has 0 heterocycles. The van der Waals surface area contributed by atoms with Crippen molar-refractivity contribution in [2.45, 2.75) is 19.9 Å². The molecule has 4 nitrogen and oxygen atoms in total. The minimum absolute atomic E-state index is 0.0363. The van der Waals surface area contributed by atoms with E-state index < -0.39 is 0 Å². The van der Waals surface area contributed by atoms with Crippen molar-refractivity contribution in [3.05, 3.63) is 28.2 Å². The number of ether oxygens (including phenoxy) is 2. The molecule has 0 fully saturated rings. The molecule has 1 aromatic rings. The first-order chi connectivity index (χ1) is 8.58. The monoisotopic (exact) mass is 315 g/mol. The Hall–Kier alpha value is -1.07. The van der Waals surface area contributed by atoms with Gasteiger partial charge in [-0.3, -0.25) is 4.79 Å². The molecule has 1 amide bonds. The highest BCUT2D eigenvalue weighted by Gasteiger charge is 2.14. The van der Waals surface area contributed by atoms with Gasteiger partial charge < -0.3 is 14.8 Å². The maximum atomic E-state index is 12.0. The number of carbonyl (C=O) groups is 1. The summed E-state index contributed by atoms with van der Waals surface area (Å²) in [6, 6.07) is 5.27. The summed E-state index contributed by atoms with van der Waals surface area (Å²) in [6.45, 7) is 4.97. The van der Waals surface area contributed by atoms with Gasteiger partial charge in [0, 0.05) is 17.1 Å². The van der Waals surface area contributed by atoms with Crippen LogP contribution in [0, 0.1) is 0 Å². The lowest BCUT2D eigenvalue weighted by Crippen LogP contribution is -2.36. The maximum absolute atomic E-state index is 12.0. The van der Waals surface area contributed by atoms with E-state index in [-0.39, 0.29) is 11.9 Å². The predicted molar refractivity (Wildman–Crippen MR) is 74.1 cm³/mol. The Bertz CT molecular complexity index is 409. The van der Waals surface area contributed by atoms with Crippen molar-refractivity contribution in [2.24, 2.45) is 0 Å². The highest BCUT2D eigenvalue weighted by molar-refractivity contribution is 9.10. The van der Waals surface area contributed by atoms with Gasteiger partial charge in [-0.25, -0.2) is 0 Å². The second kappa shape index (κ2) is 7.38. The summed E-state index contributed by atoms with van der Waals surface area (Å²) in [4.78, 5) is 12.0. The average molecular weight is 316 g/mol. The summed E-state index contributed by atoms with van der Waals surface area (Å²) >= 11 is 3.34. The van der Waals surface area contributed by atoms with Gasteiger partial charge >= 0.3 is 0 Å². The number of methoxy groups -OCH3 is 1. The highest BCUT2D eigenvalue weighted by atomic mass is 79.9. The lowest BCUT2D eigenvalue weighted by molar-refractivity contribution is 0.0869. The Morgan fingerprint density at radius 1 is 1.50 bits per heavy atom. The second-order valence-electron chi connectivity index (χ2n) is 3.88. The molecule has 0 aliphatic carbocycles. The largest absolute Gasteiger partial charge is 0.496 e. The Labute approximate surface area is 116 Å². The molecule has 1 aromatic carbocycles. The zero-order valence-electron chi connectivity index (χ0n) is 10.8. The molecule has 100 valence electrons. The normalized spacial score (nSPS) is 12.0. The third-order valence-electron chi connectivity index (χ3n) is 2.36. The number of hydrogen-bond donors (Lipinski definition) is 1. The average Bonchev–Trinajstić information content (AvgIpc) is 2.35. The van der Waals surface area contributed by atoms with Gasteiger partial charge in [-0.15, -0.1) is 0 Å². The van der Waals surface area contributed by atoms with Crippen molar-refractivity contribution < 1.29 is 14.3 Å². The Balaban J connectivity index is 2.72. The first-order valence-corrected chi connectivity index (χ1v) is 6.60. The molecule has 0 saturated heterocycles. The highest BCUT2D eigenvalue weighted by Crippen LogP contribution is 2.23. The number of benzene rings is 1. The van der Waals surface area contributed by atoms with Crippen LogP contribution in [-0.4, -0.2) is 32.3 Å². The van der Waals surface area contributed by atoms with Crippen LogP contribution in [0.1, 0.15) is 24.2 Å². The van der Waals surface area contributed by atoms with E-state index in [4.69, 9.17) is 9.47 Å². The van der Waals surface area contributed by atoms with Crippen LogP contribution in [0.5, 0.6) is 5.75 Å². The van der Waals surface area contributed by atoms with Crippen molar-refractivity contribution >= 4 is 21.8 Å². The molecule has 5 heteroatoms. The van der Waals surface area contributed by atoms with Crippen molar-refractivity contribution in [3.8, 4) is 5.75 Å². The fourth-order valence-electron chi connectivity index (χ4n) is 1.49. The quantitative estimate of drug-likeness (QED) is 0.877. The molecule has 0 aliphatic heterocycles. The van der Waals surface area contributed by atoms with E-state index in [1.165, 1.54) is 0 Å². The smallest absolute Gasteiger partial charge is 0.255 e. The second-order valence-corrected chi connectivity index (χ2v) is 4.79. The van der Waals surface area contributed by atoms with Crippen LogP contribution in [0.4, 0.5) is 0 Å². The molecule has 0 aromatic heterocycles. The molecule has 0 spiro atoms.